The predicted molar refractivity (Wildman–Crippen MR) is 140 cm³/mol. The van der Waals surface area contributed by atoms with Crippen LogP contribution in [0.4, 0.5) is 11.4 Å². The maximum atomic E-state index is 12.2. The number of carbonyl (C=O) groups excluding carboxylic acids is 2. The molecular weight excluding hydrogens is 608 g/mol. The van der Waals surface area contributed by atoms with E-state index >= 15 is 0 Å². The summed E-state index contributed by atoms with van der Waals surface area (Å²) in [5.74, 6) is -0.465. The summed E-state index contributed by atoms with van der Waals surface area (Å²) < 4.78 is 6.75. The maximum absolute atomic E-state index is 12.2. The molecule has 0 aliphatic heterocycles. The zero-order valence-corrected chi connectivity index (χ0v) is 22.0. The van der Waals surface area contributed by atoms with Crippen LogP contribution in [0.3, 0.4) is 0 Å². The van der Waals surface area contributed by atoms with Crippen molar-refractivity contribution in [1.82, 2.24) is 5.43 Å². The molecule has 0 radical (unpaired) electrons. The molecule has 2 amide bonds. The lowest BCUT2D eigenvalue weighted by Gasteiger charge is -2.12. The summed E-state index contributed by atoms with van der Waals surface area (Å²) in [6.45, 7) is 1.63. The van der Waals surface area contributed by atoms with Crippen molar-refractivity contribution < 1.29 is 19.2 Å². The molecule has 0 unspecified atom stereocenters. The van der Waals surface area contributed by atoms with E-state index in [0.717, 1.165) is 5.56 Å². The fourth-order valence-electron chi connectivity index (χ4n) is 2.76. The molecule has 3 rings (SSSR count). The molecule has 3 aromatic carbocycles. The van der Waals surface area contributed by atoms with Gasteiger partial charge >= 0.3 is 0 Å². The van der Waals surface area contributed by atoms with Gasteiger partial charge in [-0.05, 0) is 86.3 Å². The molecule has 0 heterocycles. The Balaban J connectivity index is 1.57. The Morgan fingerprint density at radius 1 is 1.11 bits per heavy atom. The van der Waals surface area contributed by atoms with E-state index in [1.165, 1.54) is 30.5 Å². The molecular formula is C23H17Br2ClN4O5. The fourth-order valence-corrected chi connectivity index (χ4v) is 4.39. The van der Waals surface area contributed by atoms with Crippen LogP contribution in [0.5, 0.6) is 5.75 Å². The number of nitrogens with one attached hydrogen (secondary N) is 2. The molecule has 12 heteroatoms. The first kappa shape index (κ1) is 26.3. The number of nitro groups is 1. The van der Waals surface area contributed by atoms with Crippen LogP contribution in [-0.4, -0.2) is 29.6 Å². The average molecular weight is 625 g/mol. The number of ether oxygens (including phenoxy) is 1. The highest BCUT2D eigenvalue weighted by Gasteiger charge is 2.12. The molecule has 0 saturated heterocycles. The number of halogens is 3. The Morgan fingerprint density at radius 2 is 1.77 bits per heavy atom. The topological polar surface area (TPSA) is 123 Å². The molecule has 35 heavy (non-hydrogen) atoms. The number of aryl methyl sites for hydroxylation is 1. The van der Waals surface area contributed by atoms with Crippen molar-refractivity contribution in [3.8, 4) is 5.75 Å². The second kappa shape index (κ2) is 11.9. The third-order valence-corrected chi connectivity index (χ3v) is 6.13. The second-order valence-electron chi connectivity index (χ2n) is 7.12. The maximum Gasteiger partial charge on any atom is 0.271 e. The molecule has 0 aliphatic rings. The first-order valence-electron chi connectivity index (χ1n) is 9.89. The molecule has 0 aromatic heterocycles. The molecule has 0 atom stereocenters. The Kier molecular flexibility index (Phi) is 8.96. The lowest BCUT2D eigenvalue weighted by Crippen LogP contribution is -2.20. The van der Waals surface area contributed by atoms with E-state index in [4.69, 9.17) is 16.3 Å². The highest BCUT2D eigenvalue weighted by atomic mass is 79.9. The van der Waals surface area contributed by atoms with Crippen LogP contribution < -0.4 is 15.5 Å². The number of rotatable bonds is 8. The van der Waals surface area contributed by atoms with Crippen LogP contribution in [0.15, 0.2) is 68.6 Å². The summed E-state index contributed by atoms with van der Waals surface area (Å²) in [7, 11) is 0. The molecule has 0 fully saturated rings. The van der Waals surface area contributed by atoms with E-state index in [1.54, 1.807) is 30.3 Å². The summed E-state index contributed by atoms with van der Waals surface area (Å²) >= 11 is 12.9. The van der Waals surface area contributed by atoms with Gasteiger partial charge in [-0.2, -0.15) is 5.10 Å². The van der Waals surface area contributed by atoms with Crippen molar-refractivity contribution in [2.45, 2.75) is 6.92 Å². The Morgan fingerprint density at radius 3 is 2.37 bits per heavy atom. The van der Waals surface area contributed by atoms with Crippen molar-refractivity contribution >= 4 is 72.9 Å². The van der Waals surface area contributed by atoms with Gasteiger partial charge in [0, 0.05) is 28.4 Å². The first-order valence-corrected chi connectivity index (χ1v) is 11.9. The standard InChI is InChI=1S/C23H17Br2ClN4O5/c1-13-2-5-16(10-20(13)26)28-21(31)12-35-22-18(24)8-14(9-19(22)25)11-27-29-23(32)15-3-6-17(7-4-15)30(33)34/h2-11H,12H2,1H3,(H,28,31)(H,29,32)/b27-11+. The summed E-state index contributed by atoms with van der Waals surface area (Å²) in [4.78, 5) is 34.5. The summed E-state index contributed by atoms with van der Waals surface area (Å²) in [6, 6.07) is 13.8. The zero-order valence-electron chi connectivity index (χ0n) is 18.1. The molecule has 180 valence electrons. The lowest BCUT2D eigenvalue weighted by atomic mass is 10.2. The minimum Gasteiger partial charge on any atom is -0.481 e. The van der Waals surface area contributed by atoms with E-state index in [9.17, 15) is 19.7 Å². The van der Waals surface area contributed by atoms with E-state index in [0.29, 0.717) is 31.0 Å². The number of benzene rings is 3. The minimum absolute atomic E-state index is 0.112. The van der Waals surface area contributed by atoms with Gasteiger partial charge < -0.3 is 10.1 Å². The number of nitrogens with zero attached hydrogens (tertiary/aromatic N) is 2. The van der Waals surface area contributed by atoms with E-state index < -0.39 is 10.8 Å². The van der Waals surface area contributed by atoms with Crippen molar-refractivity contribution in [1.29, 1.82) is 0 Å². The van der Waals surface area contributed by atoms with Gasteiger partial charge in [0.05, 0.1) is 20.1 Å². The molecule has 0 saturated carbocycles. The van der Waals surface area contributed by atoms with Gasteiger partial charge in [0.25, 0.3) is 17.5 Å². The molecule has 0 spiro atoms. The van der Waals surface area contributed by atoms with Crippen molar-refractivity contribution in [3.63, 3.8) is 0 Å². The van der Waals surface area contributed by atoms with Crippen LogP contribution in [-0.2, 0) is 4.79 Å². The number of amides is 2. The highest BCUT2D eigenvalue weighted by Crippen LogP contribution is 2.34. The Labute approximate surface area is 221 Å². The van der Waals surface area contributed by atoms with Gasteiger partial charge in [-0.3, -0.25) is 19.7 Å². The van der Waals surface area contributed by atoms with Gasteiger partial charge in [-0.15, -0.1) is 0 Å². The summed E-state index contributed by atoms with van der Waals surface area (Å²) in [5, 5.41) is 17.9. The number of carbonyl (C=O) groups is 2. The first-order chi connectivity index (χ1) is 16.6. The number of hydrazone groups is 1. The van der Waals surface area contributed by atoms with Crippen LogP contribution in [0.1, 0.15) is 21.5 Å². The van der Waals surface area contributed by atoms with Crippen LogP contribution in [0.2, 0.25) is 5.02 Å². The Hall–Kier alpha value is -3.28. The molecule has 3 aromatic rings. The largest absolute Gasteiger partial charge is 0.481 e. The SMILES string of the molecule is Cc1ccc(NC(=O)COc2c(Br)cc(/C=N/NC(=O)c3ccc([N+](=O)[O-])cc3)cc2Br)cc1Cl. The predicted octanol–water partition coefficient (Wildman–Crippen LogP) is 5.86. The van der Waals surface area contributed by atoms with Crippen LogP contribution in [0, 0.1) is 17.0 Å². The third kappa shape index (κ3) is 7.35. The Bertz CT molecular complexity index is 1290. The van der Waals surface area contributed by atoms with Crippen molar-refractivity contribution in [2.24, 2.45) is 5.10 Å². The van der Waals surface area contributed by atoms with Crippen molar-refractivity contribution in [3.05, 3.63) is 95.4 Å². The fraction of sp³-hybridized carbons (Fsp3) is 0.0870. The highest BCUT2D eigenvalue weighted by molar-refractivity contribution is 9.11. The van der Waals surface area contributed by atoms with Crippen molar-refractivity contribution in [2.75, 3.05) is 11.9 Å². The molecule has 2 N–H and O–H groups in total. The summed E-state index contributed by atoms with van der Waals surface area (Å²) in [5.41, 5.74) is 4.57. The number of hydrogen-bond donors (Lipinski definition) is 2. The molecule has 9 nitrogen and oxygen atoms in total. The van der Waals surface area contributed by atoms with E-state index in [-0.39, 0.29) is 23.8 Å². The monoisotopic (exact) mass is 622 g/mol. The molecule has 0 bridgehead atoms. The van der Waals surface area contributed by atoms with E-state index in [2.05, 4.69) is 47.7 Å². The van der Waals surface area contributed by atoms with Gasteiger partial charge in [0.1, 0.15) is 5.75 Å². The van der Waals surface area contributed by atoms with Gasteiger partial charge in [0.15, 0.2) is 6.61 Å². The smallest absolute Gasteiger partial charge is 0.271 e. The van der Waals surface area contributed by atoms with Crippen LogP contribution >= 0.6 is 43.5 Å². The third-order valence-electron chi connectivity index (χ3n) is 4.54. The second-order valence-corrected chi connectivity index (χ2v) is 9.23. The molecule has 0 aliphatic carbocycles. The van der Waals surface area contributed by atoms with Gasteiger partial charge in [-0.25, -0.2) is 5.43 Å². The average Bonchev–Trinajstić information content (AvgIpc) is 2.81. The number of hydrogen-bond acceptors (Lipinski definition) is 6. The number of non-ortho nitro benzene ring substituents is 1. The number of nitro benzene ring substituents is 1. The van der Waals surface area contributed by atoms with Gasteiger partial charge in [0.2, 0.25) is 0 Å². The lowest BCUT2D eigenvalue weighted by molar-refractivity contribution is -0.384. The van der Waals surface area contributed by atoms with Gasteiger partial charge in [-0.1, -0.05) is 17.7 Å². The van der Waals surface area contributed by atoms with E-state index in [1.807, 2.05) is 6.92 Å². The number of anilines is 1. The normalized spacial score (nSPS) is 10.7. The minimum atomic E-state index is -0.546. The zero-order chi connectivity index (χ0) is 25.5. The quantitative estimate of drug-likeness (QED) is 0.185. The van der Waals surface area contributed by atoms with Crippen LogP contribution in [0.25, 0.3) is 0 Å². The summed E-state index contributed by atoms with van der Waals surface area (Å²) in [6.07, 6.45) is 1.41.